The van der Waals surface area contributed by atoms with Crippen LogP contribution < -0.4 is 4.90 Å². The number of rotatable bonds is 3. The maximum atomic E-state index is 11.2. The van der Waals surface area contributed by atoms with Crippen molar-refractivity contribution in [2.24, 2.45) is 0 Å². The second-order valence-electron chi connectivity index (χ2n) is 5.43. The number of morpholine rings is 1. The summed E-state index contributed by atoms with van der Waals surface area (Å²) < 4.78 is 5.71. The van der Waals surface area contributed by atoms with Crippen molar-refractivity contribution in [2.45, 2.75) is 25.6 Å². The van der Waals surface area contributed by atoms with E-state index in [0.717, 1.165) is 0 Å². The van der Waals surface area contributed by atoms with Crippen molar-refractivity contribution in [2.75, 3.05) is 24.6 Å². The normalized spacial score (nSPS) is 21.8. The molecule has 1 aliphatic rings. The SMILES string of the molecule is CC1(C)CN(c2c(Cl)cccc2[N+](=O)[O-])CC(CO)O1. The third kappa shape index (κ3) is 3.03. The zero-order chi connectivity index (χ0) is 14.9. The van der Waals surface area contributed by atoms with Crippen LogP contribution in [0.25, 0.3) is 0 Å². The Balaban J connectivity index is 2.42. The van der Waals surface area contributed by atoms with Crippen LogP contribution in [0.4, 0.5) is 11.4 Å². The molecule has 0 aliphatic carbocycles. The minimum atomic E-state index is -0.515. The summed E-state index contributed by atoms with van der Waals surface area (Å²) in [6.07, 6.45) is -0.394. The van der Waals surface area contributed by atoms with Crippen LogP contribution in [-0.4, -0.2) is 41.4 Å². The fourth-order valence-electron chi connectivity index (χ4n) is 2.53. The Morgan fingerprint density at radius 2 is 2.30 bits per heavy atom. The summed E-state index contributed by atoms with van der Waals surface area (Å²) in [5.74, 6) is 0. The third-order valence-electron chi connectivity index (χ3n) is 3.16. The summed E-state index contributed by atoms with van der Waals surface area (Å²) in [6, 6.07) is 4.61. The van der Waals surface area contributed by atoms with Gasteiger partial charge in [-0.25, -0.2) is 0 Å². The van der Waals surface area contributed by atoms with Crippen LogP contribution in [0, 0.1) is 10.1 Å². The molecule has 1 heterocycles. The van der Waals surface area contributed by atoms with Gasteiger partial charge in [-0.2, -0.15) is 0 Å². The van der Waals surface area contributed by atoms with Gasteiger partial charge in [0, 0.05) is 19.2 Å². The maximum Gasteiger partial charge on any atom is 0.294 e. The molecule has 0 amide bonds. The van der Waals surface area contributed by atoms with Crippen LogP contribution in [-0.2, 0) is 4.74 Å². The van der Waals surface area contributed by atoms with Crippen molar-refractivity contribution >= 4 is 23.0 Å². The summed E-state index contributed by atoms with van der Waals surface area (Å²) >= 11 is 6.14. The lowest BCUT2D eigenvalue weighted by molar-refractivity contribution is -0.384. The van der Waals surface area contributed by atoms with Gasteiger partial charge in [0.1, 0.15) is 5.69 Å². The summed E-state index contributed by atoms with van der Waals surface area (Å²) in [6.45, 7) is 4.45. The number of nitro benzene ring substituents is 1. The number of nitrogens with zero attached hydrogens (tertiary/aromatic N) is 2. The molecule has 0 radical (unpaired) electrons. The Kier molecular flexibility index (Phi) is 4.17. The smallest absolute Gasteiger partial charge is 0.294 e. The molecule has 1 saturated heterocycles. The number of hydrogen-bond donors (Lipinski definition) is 1. The molecular weight excluding hydrogens is 284 g/mol. The average Bonchev–Trinajstić information content (AvgIpc) is 2.36. The first-order chi connectivity index (χ1) is 9.34. The molecule has 2 rings (SSSR count). The number of ether oxygens (including phenoxy) is 1. The van der Waals surface area contributed by atoms with E-state index in [1.165, 1.54) is 6.07 Å². The lowest BCUT2D eigenvalue weighted by Crippen LogP contribution is -2.54. The largest absolute Gasteiger partial charge is 0.394 e. The molecule has 1 aromatic rings. The number of aliphatic hydroxyl groups excluding tert-OH is 1. The molecule has 1 atom stereocenters. The molecule has 0 spiro atoms. The fraction of sp³-hybridized carbons (Fsp3) is 0.538. The van der Waals surface area contributed by atoms with Crippen LogP contribution in [0.15, 0.2) is 18.2 Å². The summed E-state index contributed by atoms with van der Waals surface area (Å²) in [4.78, 5) is 12.5. The van der Waals surface area contributed by atoms with Gasteiger partial charge in [0.25, 0.3) is 5.69 Å². The highest BCUT2D eigenvalue weighted by Gasteiger charge is 2.36. The number of para-hydroxylation sites is 1. The number of aliphatic hydroxyl groups is 1. The van der Waals surface area contributed by atoms with Crippen molar-refractivity contribution in [3.63, 3.8) is 0 Å². The fourth-order valence-corrected chi connectivity index (χ4v) is 2.81. The lowest BCUT2D eigenvalue weighted by Gasteiger charge is -2.43. The molecule has 0 aromatic heterocycles. The Labute approximate surface area is 122 Å². The van der Waals surface area contributed by atoms with Crippen LogP contribution >= 0.6 is 11.6 Å². The monoisotopic (exact) mass is 300 g/mol. The standard InChI is InChI=1S/C13H17ClN2O4/c1-13(2)8-15(6-9(7-17)20-13)12-10(14)4-3-5-11(12)16(18)19/h3-5,9,17H,6-8H2,1-2H3. The van der Waals surface area contributed by atoms with Crippen molar-refractivity contribution in [1.29, 1.82) is 0 Å². The molecule has 0 bridgehead atoms. The highest BCUT2D eigenvalue weighted by molar-refractivity contribution is 6.33. The van der Waals surface area contributed by atoms with E-state index >= 15 is 0 Å². The molecule has 7 heteroatoms. The van der Waals surface area contributed by atoms with E-state index in [2.05, 4.69) is 0 Å². The average molecular weight is 301 g/mol. The number of hydrogen-bond acceptors (Lipinski definition) is 5. The summed E-state index contributed by atoms with van der Waals surface area (Å²) in [7, 11) is 0. The van der Waals surface area contributed by atoms with E-state index in [-0.39, 0.29) is 12.3 Å². The maximum absolute atomic E-state index is 11.2. The Bertz CT molecular complexity index is 521. The van der Waals surface area contributed by atoms with Gasteiger partial charge in [-0.1, -0.05) is 17.7 Å². The van der Waals surface area contributed by atoms with E-state index in [1.807, 2.05) is 18.7 Å². The minimum absolute atomic E-state index is 0.0353. The number of halogens is 1. The second kappa shape index (κ2) is 5.55. The van der Waals surface area contributed by atoms with Crippen molar-refractivity contribution in [3.05, 3.63) is 33.3 Å². The van der Waals surface area contributed by atoms with Gasteiger partial charge < -0.3 is 14.7 Å². The summed E-state index contributed by atoms with van der Waals surface area (Å²) in [5.41, 5.74) is -0.167. The van der Waals surface area contributed by atoms with Crippen LogP contribution in [0.3, 0.4) is 0 Å². The van der Waals surface area contributed by atoms with Gasteiger partial charge in [-0.3, -0.25) is 10.1 Å². The Morgan fingerprint density at radius 1 is 1.60 bits per heavy atom. The minimum Gasteiger partial charge on any atom is -0.394 e. The lowest BCUT2D eigenvalue weighted by atomic mass is 10.0. The van der Waals surface area contributed by atoms with Gasteiger partial charge in [-0.05, 0) is 19.9 Å². The predicted octanol–water partition coefficient (Wildman–Crippen LogP) is 2.22. The van der Waals surface area contributed by atoms with Crippen molar-refractivity contribution in [1.82, 2.24) is 0 Å². The molecule has 6 nitrogen and oxygen atoms in total. The van der Waals surface area contributed by atoms with E-state index in [0.29, 0.717) is 23.8 Å². The highest BCUT2D eigenvalue weighted by atomic mass is 35.5. The van der Waals surface area contributed by atoms with Gasteiger partial charge in [0.2, 0.25) is 0 Å². The van der Waals surface area contributed by atoms with Gasteiger partial charge in [0.05, 0.1) is 28.3 Å². The quantitative estimate of drug-likeness (QED) is 0.684. The predicted molar refractivity (Wildman–Crippen MR) is 76.4 cm³/mol. The van der Waals surface area contributed by atoms with Gasteiger partial charge in [0.15, 0.2) is 0 Å². The number of nitro groups is 1. The van der Waals surface area contributed by atoms with E-state index < -0.39 is 16.6 Å². The van der Waals surface area contributed by atoms with E-state index in [4.69, 9.17) is 16.3 Å². The van der Waals surface area contributed by atoms with Gasteiger partial charge in [-0.15, -0.1) is 0 Å². The van der Waals surface area contributed by atoms with E-state index in [9.17, 15) is 15.2 Å². The van der Waals surface area contributed by atoms with Crippen LogP contribution in [0.2, 0.25) is 5.02 Å². The Morgan fingerprint density at radius 3 is 2.90 bits per heavy atom. The third-order valence-corrected chi connectivity index (χ3v) is 3.47. The van der Waals surface area contributed by atoms with Crippen LogP contribution in [0.1, 0.15) is 13.8 Å². The number of anilines is 1. The molecule has 1 fully saturated rings. The highest BCUT2D eigenvalue weighted by Crippen LogP contribution is 2.38. The topological polar surface area (TPSA) is 75.8 Å². The van der Waals surface area contributed by atoms with E-state index in [1.54, 1.807) is 12.1 Å². The molecule has 1 unspecified atom stereocenters. The first-order valence-corrected chi connectivity index (χ1v) is 6.68. The summed E-state index contributed by atoms with van der Waals surface area (Å²) in [5, 5.41) is 20.8. The zero-order valence-corrected chi connectivity index (χ0v) is 12.1. The second-order valence-corrected chi connectivity index (χ2v) is 5.83. The number of benzene rings is 1. The van der Waals surface area contributed by atoms with Crippen LogP contribution in [0.5, 0.6) is 0 Å². The Hall–Kier alpha value is -1.37. The first-order valence-electron chi connectivity index (χ1n) is 6.30. The molecule has 1 aromatic carbocycles. The van der Waals surface area contributed by atoms with Gasteiger partial charge >= 0.3 is 0 Å². The van der Waals surface area contributed by atoms with Crippen molar-refractivity contribution in [3.8, 4) is 0 Å². The zero-order valence-electron chi connectivity index (χ0n) is 11.4. The molecular formula is C13H17ClN2O4. The molecule has 20 heavy (non-hydrogen) atoms. The first kappa shape index (κ1) is 15.0. The van der Waals surface area contributed by atoms with Crippen molar-refractivity contribution < 1.29 is 14.8 Å². The molecule has 0 saturated carbocycles. The molecule has 1 N–H and O–H groups in total. The molecule has 1 aliphatic heterocycles. The molecule has 110 valence electrons.